The number of rotatable bonds is 8. The monoisotopic (exact) mass is 454 g/mol. The number of carbonyl (C=O) groups is 2. The van der Waals surface area contributed by atoms with Crippen molar-refractivity contribution in [2.24, 2.45) is 10.2 Å². The van der Waals surface area contributed by atoms with Crippen molar-refractivity contribution in [3.05, 3.63) is 95.1 Å². The van der Waals surface area contributed by atoms with Gasteiger partial charge in [0, 0.05) is 10.8 Å². The summed E-state index contributed by atoms with van der Waals surface area (Å²) in [5.41, 5.74) is 7.57. The van der Waals surface area contributed by atoms with Crippen molar-refractivity contribution in [2.75, 3.05) is 10.9 Å². The molecule has 0 bridgehead atoms. The van der Waals surface area contributed by atoms with Crippen LogP contribution in [0.25, 0.3) is 10.8 Å². The summed E-state index contributed by atoms with van der Waals surface area (Å²) in [6.07, 6.45) is 3.10. The van der Waals surface area contributed by atoms with Gasteiger partial charge in [0.15, 0.2) is 11.6 Å². The number of anilines is 2. The molecule has 0 saturated carbocycles. The number of hydrogen-bond donors (Lipinski definition) is 4. The zero-order valence-electron chi connectivity index (χ0n) is 17.6. The molecule has 10 nitrogen and oxygen atoms in total. The lowest BCUT2D eigenvalue weighted by Crippen LogP contribution is -2.02. The number of nitrogens with zero attached hydrogens (tertiary/aromatic N) is 4. The van der Waals surface area contributed by atoms with Crippen LogP contribution < -0.4 is 10.9 Å². The first-order valence-corrected chi connectivity index (χ1v) is 10.0. The topological polar surface area (TPSA) is 149 Å². The first kappa shape index (κ1) is 22.1. The molecule has 1 heterocycles. The van der Waals surface area contributed by atoms with Gasteiger partial charge in [-0.3, -0.25) is 10.9 Å². The van der Waals surface area contributed by atoms with Gasteiger partial charge in [0.1, 0.15) is 0 Å². The van der Waals surface area contributed by atoms with Crippen LogP contribution >= 0.6 is 0 Å². The lowest BCUT2D eigenvalue weighted by Gasteiger charge is -2.08. The van der Waals surface area contributed by atoms with E-state index in [9.17, 15) is 9.59 Å². The fraction of sp³-hybridized carbons (Fsp3) is 0. The van der Waals surface area contributed by atoms with E-state index in [0.29, 0.717) is 11.6 Å². The Kier molecular flexibility index (Phi) is 6.50. The summed E-state index contributed by atoms with van der Waals surface area (Å²) < 4.78 is 0. The lowest BCUT2D eigenvalue weighted by atomic mass is 10.1. The number of hydrazone groups is 2. The number of aromatic nitrogens is 2. The van der Waals surface area contributed by atoms with Crippen molar-refractivity contribution in [1.82, 2.24) is 10.2 Å². The molecule has 168 valence electrons. The average molecular weight is 454 g/mol. The third kappa shape index (κ3) is 5.19. The number of carboxylic acid groups (broad SMARTS) is 2. The molecule has 0 saturated heterocycles. The minimum absolute atomic E-state index is 0.199. The first-order chi connectivity index (χ1) is 16.5. The number of fused-ring (bicyclic) bond motifs is 1. The molecule has 4 rings (SSSR count). The number of hydrogen-bond acceptors (Lipinski definition) is 8. The predicted molar refractivity (Wildman–Crippen MR) is 129 cm³/mol. The van der Waals surface area contributed by atoms with Crippen molar-refractivity contribution in [1.29, 1.82) is 0 Å². The molecule has 4 N–H and O–H groups in total. The summed E-state index contributed by atoms with van der Waals surface area (Å²) in [6.45, 7) is 0. The largest absolute Gasteiger partial charge is 0.478 e. The highest BCUT2D eigenvalue weighted by Gasteiger charge is 2.08. The quantitative estimate of drug-likeness (QED) is 0.231. The van der Waals surface area contributed by atoms with E-state index in [1.54, 1.807) is 36.7 Å². The molecule has 34 heavy (non-hydrogen) atoms. The number of carboxylic acids is 2. The molecule has 0 radical (unpaired) electrons. The Morgan fingerprint density at radius 2 is 1.03 bits per heavy atom. The van der Waals surface area contributed by atoms with Crippen LogP contribution in [0.5, 0.6) is 0 Å². The standard InChI is InChI=1S/C24H18N6O4/c31-23(32)17-9-5-15(6-10-17)13-25-27-21-19-3-1-2-4-20(19)22(30-29-21)28-26-14-16-7-11-18(12-8-16)24(33)34/h1-14H,(H,27,29)(H,28,30)(H,31,32)(H,33,34)/b25-13-,26-14-. The Labute approximate surface area is 193 Å². The van der Waals surface area contributed by atoms with Crippen LogP contribution in [0.3, 0.4) is 0 Å². The molecule has 0 unspecified atom stereocenters. The Balaban J connectivity index is 1.48. The van der Waals surface area contributed by atoms with Crippen molar-refractivity contribution in [3.63, 3.8) is 0 Å². The maximum atomic E-state index is 10.9. The van der Waals surface area contributed by atoms with Gasteiger partial charge in [-0.05, 0) is 35.4 Å². The number of nitrogens with one attached hydrogen (secondary N) is 2. The molecule has 1 aromatic heterocycles. The van der Waals surface area contributed by atoms with Crippen LogP contribution in [-0.2, 0) is 0 Å². The third-order valence-electron chi connectivity index (χ3n) is 4.77. The Morgan fingerprint density at radius 1 is 0.647 bits per heavy atom. The van der Waals surface area contributed by atoms with Crippen LogP contribution in [-0.4, -0.2) is 44.8 Å². The lowest BCUT2D eigenvalue weighted by molar-refractivity contribution is 0.0686. The third-order valence-corrected chi connectivity index (χ3v) is 4.77. The van der Waals surface area contributed by atoms with Gasteiger partial charge in [0.25, 0.3) is 0 Å². The van der Waals surface area contributed by atoms with Gasteiger partial charge in [-0.2, -0.15) is 10.2 Å². The summed E-state index contributed by atoms with van der Waals surface area (Å²) >= 11 is 0. The minimum atomic E-state index is -0.988. The van der Waals surface area contributed by atoms with Gasteiger partial charge >= 0.3 is 11.9 Å². The van der Waals surface area contributed by atoms with E-state index in [1.165, 1.54) is 24.3 Å². The fourth-order valence-corrected chi connectivity index (χ4v) is 3.03. The first-order valence-electron chi connectivity index (χ1n) is 10.0. The van der Waals surface area contributed by atoms with Crippen molar-refractivity contribution in [3.8, 4) is 0 Å². The fourth-order valence-electron chi connectivity index (χ4n) is 3.03. The molecule has 10 heteroatoms. The van der Waals surface area contributed by atoms with Gasteiger partial charge in [0.2, 0.25) is 0 Å². The van der Waals surface area contributed by atoms with E-state index in [4.69, 9.17) is 10.2 Å². The smallest absolute Gasteiger partial charge is 0.335 e. The van der Waals surface area contributed by atoms with E-state index in [2.05, 4.69) is 31.3 Å². The van der Waals surface area contributed by atoms with Gasteiger partial charge in [0.05, 0.1) is 23.6 Å². The SMILES string of the molecule is O=C(O)c1ccc(/C=N\Nc2nnc(N/N=C\c3ccc(C(=O)O)cc3)c3ccccc23)cc1. The molecule has 3 aromatic carbocycles. The highest BCUT2D eigenvalue weighted by molar-refractivity contribution is 5.98. The molecule has 0 aliphatic rings. The van der Waals surface area contributed by atoms with Crippen LogP contribution in [0.1, 0.15) is 31.8 Å². The maximum Gasteiger partial charge on any atom is 0.335 e. The Hall–Kier alpha value is -5.12. The van der Waals surface area contributed by atoms with Crippen LogP contribution in [0.15, 0.2) is 83.0 Å². The summed E-state index contributed by atoms with van der Waals surface area (Å²) in [5.74, 6) is -1.10. The van der Waals surface area contributed by atoms with Crippen molar-refractivity contribution < 1.29 is 19.8 Å². The molecule has 0 fully saturated rings. The Bertz CT molecular complexity index is 1290. The van der Waals surface area contributed by atoms with Gasteiger partial charge in [-0.1, -0.05) is 48.5 Å². The summed E-state index contributed by atoms with van der Waals surface area (Å²) in [7, 11) is 0. The van der Waals surface area contributed by atoms with Crippen molar-refractivity contribution >= 4 is 46.8 Å². The van der Waals surface area contributed by atoms with E-state index in [-0.39, 0.29) is 11.1 Å². The zero-order chi connectivity index (χ0) is 23.9. The number of benzene rings is 3. The highest BCUT2D eigenvalue weighted by Crippen LogP contribution is 2.25. The molecule has 0 aliphatic carbocycles. The molecule has 0 amide bonds. The van der Waals surface area contributed by atoms with Gasteiger partial charge in [-0.15, -0.1) is 10.2 Å². The van der Waals surface area contributed by atoms with E-state index in [1.807, 2.05) is 24.3 Å². The normalized spacial score (nSPS) is 11.2. The summed E-state index contributed by atoms with van der Waals surface area (Å²) in [6, 6.07) is 20.1. The van der Waals surface area contributed by atoms with Gasteiger partial charge < -0.3 is 10.2 Å². The van der Waals surface area contributed by atoms with Crippen LogP contribution in [0, 0.1) is 0 Å². The molecule has 0 spiro atoms. The second-order valence-electron chi connectivity index (χ2n) is 7.04. The minimum Gasteiger partial charge on any atom is -0.478 e. The molecular formula is C24H18N6O4. The average Bonchev–Trinajstić information content (AvgIpc) is 2.85. The maximum absolute atomic E-state index is 10.9. The molecule has 4 aromatic rings. The number of aromatic carboxylic acids is 2. The second-order valence-corrected chi connectivity index (χ2v) is 7.04. The van der Waals surface area contributed by atoms with E-state index >= 15 is 0 Å². The Morgan fingerprint density at radius 3 is 1.38 bits per heavy atom. The van der Waals surface area contributed by atoms with Crippen LogP contribution in [0.4, 0.5) is 11.6 Å². The van der Waals surface area contributed by atoms with Crippen molar-refractivity contribution in [2.45, 2.75) is 0 Å². The molecular weight excluding hydrogens is 436 g/mol. The zero-order valence-corrected chi connectivity index (χ0v) is 17.6. The second kappa shape index (κ2) is 10.0. The highest BCUT2D eigenvalue weighted by atomic mass is 16.4. The molecule has 0 atom stereocenters. The van der Waals surface area contributed by atoms with Gasteiger partial charge in [-0.25, -0.2) is 9.59 Å². The van der Waals surface area contributed by atoms with Crippen LogP contribution in [0.2, 0.25) is 0 Å². The van der Waals surface area contributed by atoms with E-state index in [0.717, 1.165) is 21.9 Å². The molecule has 0 aliphatic heterocycles. The van der Waals surface area contributed by atoms with E-state index < -0.39 is 11.9 Å². The summed E-state index contributed by atoms with van der Waals surface area (Å²) in [5, 5.41) is 36.2. The predicted octanol–water partition coefficient (Wildman–Crippen LogP) is 3.92. The summed E-state index contributed by atoms with van der Waals surface area (Å²) in [4.78, 5) is 21.9.